The van der Waals surface area contributed by atoms with Crippen LogP contribution in [-0.2, 0) is 0 Å². The number of anilines is 1. The molecule has 1 aromatic carbocycles. The Hall–Kier alpha value is -1.02. The highest BCUT2D eigenvalue weighted by Gasteiger charge is 2.35. The third kappa shape index (κ3) is 1.95. The maximum atomic E-state index is 3.67. The monoisotopic (exact) mass is 230 g/mol. The molecule has 1 aliphatic heterocycles. The van der Waals surface area contributed by atoms with E-state index in [4.69, 9.17) is 0 Å². The second kappa shape index (κ2) is 4.34. The number of nitrogens with zero attached hydrogens (tertiary/aromatic N) is 1. The van der Waals surface area contributed by atoms with Crippen molar-refractivity contribution in [3.8, 4) is 0 Å². The largest absolute Gasteiger partial charge is 0.365 e. The minimum atomic E-state index is 0.726. The van der Waals surface area contributed by atoms with Gasteiger partial charge in [0.05, 0.1) is 0 Å². The molecule has 2 heteroatoms. The van der Waals surface area contributed by atoms with Crippen molar-refractivity contribution in [2.24, 2.45) is 0 Å². The number of rotatable bonds is 1. The van der Waals surface area contributed by atoms with Gasteiger partial charge >= 0.3 is 0 Å². The smallest absolute Gasteiger partial charge is 0.0443 e. The molecule has 1 aromatic rings. The number of benzene rings is 1. The molecule has 0 radical (unpaired) electrons. The van der Waals surface area contributed by atoms with Crippen molar-refractivity contribution in [1.82, 2.24) is 5.32 Å². The first-order valence-corrected chi connectivity index (χ1v) is 6.83. The minimum absolute atomic E-state index is 0.726. The molecule has 1 aliphatic carbocycles. The third-order valence-corrected chi connectivity index (χ3v) is 4.30. The van der Waals surface area contributed by atoms with Crippen LogP contribution in [0.4, 0.5) is 5.69 Å². The first kappa shape index (κ1) is 11.1. The van der Waals surface area contributed by atoms with E-state index in [0.29, 0.717) is 0 Å². The van der Waals surface area contributed by atoms with Crippen LogP contribution in [0.15, 0.2) is 18.2 Å². The van der Waals surface area contributed by atoms with Gasteiger partial charge in [0, 0.05) is 30.9 Å². The lowest BCUT2D eigenvalue weighted by molar-refractivity contribution is 0.403. The third-order valence-electron chi connectivity index (χ3n) is 4.30. The van der Waals surface area contributed by atoms with Gasteiger partial charge in [0.1, 0.15) is 0 Å². The number of aryl methyl sites for hydroxylation is 2. The van der Waals surface area contributed by atoms with Crippen molar-refractivity contribution in [1.29, 1.82) is 0 Å². The van der Waals surface area contributed by atoms with E-state index >= 15 is 0 Å². The predicted molar refractivity (Wildman–Crippen MR) is 72.7 cm³/mol. The molecule has 1 saturated heterocycles. The normalized spacial score (nSPS) is 28.2. The van der Waals surface area contributed by atoms with Gasteiger partial charge in [-0.2, -0.15) is 0 Å². The molecule has 3 rings (SSSR count). The topological polar surface area (TPSA) is 15.3 Å². The number of hydrogen-bond acceptors (Lipinski definition) is 2. The van der Waals surface area contributed by atoms with Crippen LogP contribution in [0.2, 0.25) is 0 Å². The maximum absolute atomic E-state index is 3.67. The second-order valence-electron chi connectivity index (χ2n) is 5.54. The van der Waals surface area contributed by atoms with E-state index in [9.17, 15) is 0 Å². The Morgan fingerprint density at radius 2 is 2.12 bits per heavy atom. The molecule has 0 unspecified atom stereocenters. The number of piperazine rings is 1. The van der Waals surface area contributed by atoms with E-state index in [0.717, 1.165) is 25.2 Å². The fourth-order valence-electron chi connectivity index (χ4n) is 3.51. The zero-order chi connectivity index (χ0) is 11.8. The van der Waals surface area contributed by atoms with E-state index in [2.05, 4.69) is 42.3 Å². The van der Waals surface area contributed by atoms with Crippen LogP contribution in [0.3, 0.4) is 0 Å². The van der Waals surface area contributed by atoms with Crippen LogP contribution in [0, 0.1) is 13.8 Å². The van der Waals surface area contributed by atoms with Crippen LogP contribution < -0.4 is 10.2 Å². The van der Waals surface area contributed by atoms with Gasteiger partial charge < -0.3 is 10.2 Å². The number of nitrogens with one attached hydrogen (secondary N) is 1. The highest BCUT2D eigenvalue weighted by atomic mass is 15.2. The molecule has 17 heavy (non-hydrogen) atoms. The number of fused-ring (bicyclic) bond motifs is 1. The molecule has 92 valence electrons. The Kier molecular flexibility index (Phi) is 2.83. The van der Waals surface area contributed by atoms with Crippen LogP contribution in [0.1, 0.15) is 30.4 Å². The number of hydrogen-bond donors (Lipinski definition) is 1. The van der Waals surface area contributed by atoms with Gasteiger partial charge in [-0.25, -0.2) is 0 Å². The molecule has 2 fully saturated rings. The average molecular weight is 230 g/mol. The summed E-state index contributed by atoms with van der Waals surface area (Å²) in [5.74, 6) is 0. The molecule has 0 spiro atoms. The first-order valence-electron chi connectivity index (χ1n) is 6.83. The first-order chi connectivity index (χ1) is 8.25. The molecule has 2 aliphatic rings. The summed E-state index contributed by atoms with van der Waals surface area (Å²) in [7, 11) is 0. The predicted octanol–water partition coefficient (Wildman–Crippen LogP) is 2.63. The van der Waals surface area contributed by atoms with E-state index in [1.54, 1.807) is 0 Å². The maximum Gasteiger partial charge on any atom is 0.0443 e. The van der Waals surface area contributed by atoms with Crippen molar-refractivity contribution in [3.05, 3.63) is 29.3 Å². The van der Waals surface area contributed by atoms with Gasteiger partial charge in [0.25, 0.3) is 0 Å². The molecule has 2 nitrogen and oxygen atoms in total. The summed E-state index contributed by atoms with van der Waals surface area (Å²) >= 11 is 0. The lowest BCUT2D eigenvalue weighted by Crippen LogP contribution is -2.55. The van der Waals surface area contributed by atoms with E-state index in [1.807, 2.05) is 0 Å². The van der Waals surface area contributed by atoms with Crippen molar-refractivity contribution in [2.45, 2.75) is 45.2 Å². The van der Waals surface area contributed by atoms with Crippen LogP contribution in [0.25, 0.3) is 0 Å². The summed E-state index contributed by atoms with van der Waals surface area (Å²) in [5.41, 5.74) is 4.25. The quantitative estimate of drug-likeness (QED) is 0.798. The molecule has 0 bridgehead atoms. The SMILES string of the molecule is Cc1ccc(N2CCN[C@H]3CCC[C@H]32)c(C)c1. The van der Waals surface area contributed by atoms with E-state index in [1.165, 1.54) is 36.1 Å². The highest BCUT2D eigenvalue weighted by molar-refractivity contribution is 5.56. The Labute approximate surface area is 104 Å². The fourth-order valence-corrected chi connectivity index (χ4v) is 3.51. The molecule has 0 aromatic heterocycles. The molecular formula is C15H22N2. The summed E-state index contributed by atoms with van der Waals surface area (Å²) < 4.78 is 0. The van der Waals surface area contributed by atoms with Crippen molar-refractivity contribution < 1.29 is 0 Å². The van der Waals surface area contributed by atoms with Crippen LogP contribution in [-0.4, -0.2) is 25.2 Å². The van der Waals surface area contributed by atoms with Gasteiger partial charge in [0.15, 0.2) is 0 Å². The Balaban J connectivity index is 1.91. The Morgan fingerprint density at radius 1 is 1.24 bits per heavy atom. The van der Waals surface area contributed by atoms with Crippen LogP contribution in [0.5, 0.6) is 0 Å². The van der Waals surface area contributed by atoms with Gasteiger partial charge in [-0.1, -0.05) is 17.7 Å². The molecule has 1 heterocycles. The molecule has 1 N–H and O–H groups in total. The van der Waals surface area contributed by atoms with Gasteiger partial charge in [-0.15, -0.1) is 0 Å². The lowest BCUT2D eigenvalue weighted by Gasteiger charge is -2.41. The van der Waals surface area contributed by atoms with Gasteiger partial charge in [-0.05, 0) is 44.7 Å². The minimum Gasteiger partial charge on any atom is -0.365 e. The molecule has 1 saturated carbocycles. The van der Waals surface area contributed by atoms with Crippen molar-refractivity contribution in [2.75, 3.05) is 18.0 Å². The van der Waals surface area contributed by atoms with Crippen LogP contribution >= 0.6 is 0 Å². The zero-order valence-corrected chi connectivity index (χ0v) is 10.9. The molecule has 2 atom stereocenters. The summed E-state index contributed by atoms with van der Waals surface area (Å²) in [6, 6.07) is 8.32. The van der Waals surface area contributed by atoms with Crippen molar-refractivity contribution >= 4 is 5.69 Å². The summed E-state index contributed by atoms with van der Waals surface area (Å²) in [5, 5.41) is 3.67. The standard InChI is InChI=1S/C15H22N2/c1-11-6-7-14(12(2)10-11)17-9-8-16-13-4-3-5-15(13)17/h6-7,10,13,15-16H,3-5,8-9H2,1-2H3/t13-,15+/m0/s1. The Bertz CT molecular complexity index is 413. The zero-order valence-electron chi connectivity index (χ0n) is 10.9. The summed E-state index contributed by atoms with van der Waals surface area (Å²) in [6.07, 6.45) is 4.08. The summed E-state index contributed by atoms with van der Waals surface area (Å²) in [4.78, 5) is 2.64. The second-order valence-corrected chi connectivity index (χ2v) is 5.54. The van der Waals surface area contributed by atoms with Gasteiger partial charge in [0.2, 0.25) is 0 Å². The summed E-state index contributed by atoms with van der Waals surface area (Å²) in [6.45, 7) is 6.71. The highest BCUT2D eigenvalue weighted by Crippen LogP contribution is 2.32. The van der Waals surface area contributed by atoms with Gasteiger partial charge in [-0.3, -0.25) is 0 Å². The molecule has 0 amide bonds. The molecular weight excluding hydrogens is 208 g/mol. The van der Waals surface area contributed by atoms with E-state index < -0.39 is 0 Å². The fraction of sp³-hybridized carbons (Fsp3) is 0.600. The Morgan fingerprint density at radius 3 is 2.94 bits per heavy atom. The lowest BCUT2D eigenvalue weighted by atomic mass is 10.0. The van der Waals surface area contributed by atoms with E-state index in [-0.39, 0.29) is 0 Å². The average Bonchev–Trinajstić information content (AvgIpc) is 2.77. The van der Waals surface area contributed by atoms with Crippen molar-refractivity contribution in [3.63, 3.8) is 0 Å².